The van der Waals surface area contributed by atoms with Gasteiger partial charge in [-0.2, -0.15) is 11.8 Å². The highest BCUT2D eigenvalue weighted by Gasteiger charge is 2.26. The summed E-state index contributed by atoms with van der Waals surface area (Å²) in [5, 5.41) is 7.52. The summed E-state index contributed by atoms with van der Waals surface area (Å²) in [6.07, 6.45) is 6.06. The van der Waals surface area contributed by atoms with Gasteiger partial charge in [-0.15, -0.1) is 0 Å². The molecule has 1 aliphatic rings. The zero-order valence-electron chi connectivity index (χ0n) is 11.4. The standard InChI is InChI=1S/C13H22N4S/c1-4-14-12-8-13(16-9(2)15-12)17-10-6-5-7-11(10)18-3/h8,10-11H,4-7H2,1-3H3,(H2,14,15,16,17). The molecule has 1 saturated carbocycles. The Bertz CT molecular complexity index is 397. The Labute approximate surface area is 113 Å². The Kier molecular flexibility index (Phi) is 4.69. The fourth-order valence-corrected chi connectivity index (χ4v) is 3.41. The van der Waals surface area contributed by atoms with Crippen molar-refractivity contribution in [3.63, 3.8) is 0 Å². The third kappa shape index (κ3) is 3.28. The fraction of sp³-hybridized carbons (Fsp3) is 0.692. The van der Waals surface area contributed by atoms with Gasteiger partial charge in [0.15, 0.2) is 0 Å². The molecule has 0 saturated heterocycles. The molecule has 2 N–H and O–H groups in total. The van der Waals surface area contributed by atoms with Gasteiger partial charge in [0.2, 0.25) is 0 Å². The van der Waals surface area contributed by atoms with Gasteiger partial charge in [-0.25, -0.2) is 9.97 Å². The van der Waals surface area contributed by atoms with E-state index >= 15 is 0 Å². The number of hydrogen-bond acceptors (Lipinski definition) is 5. The second-order valence-electron chi connectivity index (χ2n) is 4.67. The van der Waals surface area contributed by atoms with Crippen LogP contribution in [-0.4, -0.2) is 34.1 Å². The van der Waals surface area contributed by atoms with Crippen molar-refractivity contribution in [3.05, 3.63) is 11.9 Å². The Morgan fingerprint density at radius 3 is 2.83 bits per heavy atom. The Balaban J connectivity index is 2.08. The van der Waals surface area contributed by atoms with Crippen LogP contribution in [0.1, 0.15) is 32.0 Å². The summed E-state index contributed by atoms with van der Waals surface area (Å²) in [5.74, 6) is 2.67. The molecule has 18 heavy (non-hydrogen) atoms. The number of rotatable bonds is 5. The molecule has 2 atom stereocenters. The molecule has 0 radical (unpaired) electrons. The lowest BCUT2D eigenvalue weighted by Gasteiger charge is -2.20. The molecule has 5 heteroatoms. The molecule has 2 unspecified atom stereocenters. The Hall–Kier alpha value is -0.970. The fourth-order valence-electron chi connectivity index (χ4n) is 2.48. The van der Waals surface area contributed by atoms with Crippen LogP contribution in [0.25, 0.3) is 0 Å². The molecule has 0 aromatic carbocycles. The molecule has 1 aromatic rings. The Morgan fingerprint density at radius 2 is 2.11 bits per heavy atom. The molecule has 0 amide bonds. The molecule has 1 aliphatic carbocycles. The van der Waals surface area contributed by atoms with Gasteiger partial charge >= 0.3 is 0 Å². The van der Waals surface area contributed by atoms with Crippen molar-refractivity contribution in [2.75, 3.05) is 23.4 Å². The van der Waals surface area contributed by atoms with E-state index in [4.69, 9.17) is 0 Å². The predicted molar refractivity (Wildman–Crippen MR) is 79.5 cm³/mol. The van der Waals surface area contributed by atoms with Crippen LogP contribution in [0.2, 0.25) is 0 Å². The van der Waals surface area contributed by atoms with Crippen LogP contribution in [-0.2, 0) is 0 Å². The number of nitrogens with zero attached hydrogens (tertiary/aromatic N) is 2. The first kappa shape index (κ1) is 13.5. The zero-order chi connectivity index (χ0) is 13.0. The van der Waals surface area contributed by atoms with E-state index in [0.29, 0.717) is 11.3 Å². The molecule has 4 nitrogen and oxygen atoms in total. The van der Waals surface area contributed by atoms with Gasteiger partial charge in [0.05, 0.1) is 0 Å². The van der Waals surface area contributed by atoms with Crippen molar-refractivity contribution in [1.29, 1.82) is 0 Å². The minimum Gasteiger partial charge on any atom is -0.370 e. The summed E-state index contributed by atoms with van der Waals surface area (Å²) in [6, 6.07) is 2.55. The van der Waals surface area contributed by atoms with Gasteiger partial charge in [-0.3, -0.25) is 0 Å². The summed E-state index contributed by atoms with van der Waals surface area (Å²) in [7, 11) is 0. The third-order valence-corrected chi connectivity index (χ3v) is 4.45. The summed E-state index contributed by atoms with van der Waals surface area (Å²) in [4.78, 5) is 8.85. The van der Waals surface area contributed by atoms with Crippen LogP contribution in [0.4, 0.5) is 11.6 Å². The van der Waals surface area contributed by atoms with E-state index in [1.165, 1.54) is 19.3 Å². The number of aryl methyl sites for hydroxylation is 1. The lowest BCUT2D eigenvalue weighted by Crippen LogP contribution is -2.26. The van der Waals surface area contributed by atoms with Crippen molar-refractivity contribution in [2.24, 2.45) is 0 Å². The smallest absolute Gasteiger partial charge is 0.132 e. The van der Waals surface area contributed by atoms with E-state index in [-0.39, 0.29) is 0 Å². The van der Waals surface area contributed by atoms with E-state index in [1.807, 2.05) is 24.8 Å². The van der Waals surface area contributed by atoms with Crippen molar-refractivity contribution in [3.8, 4) is 0 Å². The number of hydrogen-bond donors (Lipinski definition) is 2. The molecule has 0 spiro atoms. The van der Waals surface area contributed by atoms with Gasteiger partial charge in [0.1, 0.15) is 17.5 Å². The minimum atomic E-state index is 0.545. The molecule has 100 valence electrons. The highest BCUT2D eigenvalue weighted by atomic mass is 32.2. The van der Waals surface area contributed by atoms with Gasteiger partial charge in [-0.05, 0) is 32.9 Å². The van der Waals surface area contributed by atoms with Crippen LogP contribution >= 0.6 is 11.8 Å². The minimum absolute atomic E-state index is 0.545. The normalized spacial score (nSPS) is 23.1. The SMILES string of the molecule is CCNc1cc(NC2CCCC2SC)nc(C)n1. The third-order valence-electron chi connectivity index (χ3n) is 3.28. The number of nitrogens with one attached hydrogen (secondary N) is 2. The maximum atomic E-state index is 4.48. The molecule has 1 heterocycles. The lowest BCUT2D eigenvalue weighted by molar-refractivity contribution is 0.761. The summed E-state index contributed by atoms with van der Waals surface area (Å²) < 4.78 is 0. The average Bonchev–Trinajstić information content (AvgIpc) is 2.76. The van der Waals surface area contributed by atoms with Gasteiger partial charge in [-0.1, -0.05) is 6.42 Å². The molecule has 0 aliphatic heterocycles. The molecule has 1 fully saturated rings. The van der Waals surface area contributed by atoms with Crippen LogP contribution in [0.5, 0.6) is 0 Å². The topological polar surface area (TPSA) is 49.8 Å². The van der Waals surface area contributed by atoms with Crippen LogP contribution < -0.4 is 10.6 Å². The van der Waals surface area contributed by atoms with Crippen molar-refractivity contribution in [2.45, 2.75) is 44.4 Å². The van der Waals surface area contributed by atoms with Crippen LogP contribution in [0.15, 0.2) is 6.07 Å². The van der Waals surface area contributed by atoms with E-state index in [1.54, 1.807) is 0 Å². The first-order chi connectivity index (χ1) is 8.72. The van der Waals surface area contributed by atoms with E-state index in [9.17, 15) is 0 Å². The zero-order valence-corrected chi connectivity index (χ0v) is 12.2. The number of thioether (sulfide) groups is 1. The molecule has 1 aromatic heterocycles. The molecule has 2 rings (SSSR count). The highest BCUT2D eigenvalue weighted by Crippen LogP contribution is 2.30. The maximum absolute atomic E-state index is 4.48. The summed E-state index contributed by atoms with van der Waals surface area (Å²) in [5.41, 5.74) is 0. The van der Waals surface area contributed by atoms with Crippen molar-refractivity contribution in [1.82, 2.24) is 9.97 Å². The second-order valence-corrected chi connectivity index (χ2v) is 5.75. The second kappa shape index (κ2) is 6.27. The number of anilines is 2. The van der Waals surface area contributed by atoms with E-state index in [2.05, 4.69) is 33.8 Å². The molecule has 0 bridgehead atoms. The largest absolute Gasteiger partial charge is 0.370 e. The number of aromatic nitrogens is 2. The first-order valence-electron chi connectivity index (χ1n) is 6.61. The monoisotopic (exact) mass is 266 g/mol. The van der Waals surface area contributed by atoms with Crippen LogP contribution in [0.3, 0.4) is 0 Å². The van der Waals surface area contributed by atoms with Gasteiger partial charge in [0.25, 0.3) is 0 Å². The Morgan fingerprint density at radius 1 is 1.33 bits per heavy atom. The van der Waals surface area contributed by atoms with Gasteiger partial charge in [0, 0.05) is 23.9 Å². The first-order valence-corrected chi connectivity index (χ1v) is 7.90. The maximum Gasteiger partial charge on any atom is 0.132 e. The predicted octanol–water partition coefficient (Wildman–Crippen LogP) is 2.91. The van der Waals surface area contributed by atoms with E-state index < -0.39 is 0 Å². The average molecular weight is 266 g/mol. The molecular formula is C13H22N4S. The van der Waals surface area contributed by atoms with Crippen LogP contribution in [0, 0.1) is 6.92 Å². The lowest BCUT2D eigenvalue weighted by atomic mass is 10.2. The quantitative estimate of drug-likeness (QED) is 0.858. The molecular weight excluding hydrogens is 244 g/mol. The van der Waals surface area contributed by atoms with Crippen molar-refractivity contribution < 1.29 is 0 Å². The highest BCUT2D eigenvalue weighted by molar-refractivity contribution is 7.99. The van der Waals surface area contributed by atoms with Gasteiger partial charge < -0.3 is 10.6 Å². The van der Waals surface area contributed by atoms with E-state index in [0.717, 1.165) is 24.0 Å². The van der Waals surface area contributed by atoms with Crippen molar-refractivity contribution >= 4 is 23.4 Å². The summed E-state index contributed by atoms with van der Waals surface area (Å²) in [6.45, 7) is 4.89. The summed E-state index contributed by atoms with van der Waals surface area (Å²) >= 11 is 1.96.